The van der Waals surface area contributed by atoms with Crippen molar-refractivity contribution in [1.82, 2.24) is 0 Å². The minimum absolute atomic E-state index is 0.0511. The van der Waals surface area contributed by atoms with Crippen LogP contribution in [0.15, 0.2) is 45.6 Å². The summed E-state index contributed by atoms with van der Waals surface area (Å²) in [5.74, 6) is -0.425. The van der Waals surface area contributed by atoms with Gasteiger partial charge in [-0.3, -0.25) is 0 Å². The van der Waals surface area contributed by atoms with E-state index < -0.39 is 29.5 Å². The number of hydrogen-bond donors (Lipinski definition) is 1. The Balaban J connectivity index is 2.32. The van der Waals surface area contributed by atoms with E-state index in [2.05, 4.69) is 31.2 Å². The quantitative estimate of drug-likeness (QED) is 0.191. The van der Waals surface area contributed by atoms with Crippen molar-refractivity contribution in [3.05, 3.63) is 45.6 Å². The van der Waals surface area contributed by atoms with Crippen LogP contribution >= 0.6 is 19.8 Å². The molecule has 2 aliphatic rings. The van der Waals surface area contributed by atoms with Gasteiger partial charge in [0.05, 0.1) is 0 Å². The number of hydrogen-bond acceptors (Lipinski definition) is 6. The number of aliphatic hydroxyl groups is 1. The molecule has 2 rings (SSSR count). The van der Waals surface area contributed by atoms with Crippen molar-refractivity contribution in [2.24, 2.45) is 0 Å². The third kappa shape index (κ3) is 8.68. The van der Waals surface area contributed by atoms with Gasteiger partial charge in [0.15, 0.2) is 0 Å². The minimum atomic E-state index is -2.20. The molecule has 0 bridgehead atoms. The van der Waals surface area contributed by atoms with E-state index in [1.165, 1.54) is 3.58 Å². The van der Waals surface area contributed by atoms with E-state index >= 15 is 0 Å². The number of esters is 2. The Morgan fingerprint density at radius 3 is 2.42 bits per heavy atom. The summed E-state index contributed by atoms with van der Waals surface area (Å²) in [7, 11) is 1.70. The molecule has 0 heterocycles. The van der Waals surface area contributed by atoms with E-state index in [0.29, 0.717) is 30.1 Å². The van der Waals surface area contributed by atoms with Gasteiger partial charge in [-0.15, -0.1) is 0 Å². The average Bonchev–Trinajstić information content (AvgIpc) is 2.82. The second-order valence-electron chi connectivity index (χ2n) is 8.50. The van der Waals surface area contributed by atoms with Crippen molar-refractivity contribution < 1.29 is 28.9 Å². The van der Waals surface area contributed by atoms with E-state index in [-0.39, 0.29) is 24.1 Å². The summed E-state index contributed by atoms with van der Waals surface area (Å²) in [4.78, 5) is 24.4. The molecule has 0 fully saturated rings. The van der Waals surface area contributed by atoms with Crippen LogP contribution in [0.1, 0.15) is 66.2 Å². The standard InChI is InChI=1S/C26H39IO6/c1-6-24(29)32-19(3)18-27(21-10-14-23(31-5)15-11-21)26(4,33-25(30)7-2)17-16-20-8-12-22(28)13-9-20/h8-12,14,19,22-23,28H,6-7,13,15-18H2,1-5H3/t19?,22-,23?,26+/m0/s1. The second-order valence-corrected chi connectivity index (χ2v) is 15.0. The number of halogens is 1. The fraction of sp³-hybridized carbons (Fsp3) is 0.615. The van der Waals surface area contributed by atoms with Gasteiger partial charge in [0, 0.05) is 0 Å². The van der Waals surface area contributed by atoms with E-state index in [4.69, 9.17) is 14.2 Å². The molecule has 4 atom stereocenters. The van der Waals surface area contributed by atoms with Crippen LogP contribution in [-0.4, -0.2) is 50.5 Å². The topological polar surface area (TPSA) is 82.1 Å². The summed E-state index contributed by atoms with van der Waals surface area (Å²) < 4.78 is 18.6. The number of carbonyl (C=O) groups is 2. The predicted octanol–water partition coefficient (Wildman–Crippen LogP) is 5.39. The molecule has 0 saturated carbocycles. The summed E-state index contributed by atoms with van der Waals surface area (Å²) in [5, 5.41) is 9.74. The first-order valence-corrected chi connectivity index (χ1v) is 15.4. The Bertz CT molecular complexity index is 799. The van der Waals surface area contributed by atoms with E-state index in [9.17, 15) is 14.7 Å². The van der Waals surface area contributed by atoms with Crippen LogP contribution in [0.2, 0.25) is 0 Å². The molecule has 0 aromatic heterocycles. The zero-order chi connectivity index (χ0) is 24.4. The number of aliphatic hydroxyl groups excluding tert-OH is 1. The van der Waals surface area contributed by atoms with Crippen molar-refractivity contribution in [1.29, 1.82) is 0 Å². The molecule has 0 radical (unpaired) electrons. The zero-order valence-corrected chi connectivity index (χ0v) is 22.7. The third-order valence-electron chi connectivity index (χ3n) is 5.69. The number of rotatable bonds is 12. The zero-order valence-electron chi connectivity index (χ0n) is 20.5. The third-order valence-corrected chi connectivity index (χ3v) is 13.6. The van der Waals surface area contributed by atoms with Crippen LogP contribution in [0.4, 0.5) is 0 Å². The summed E-state index contributed by atoms with van der Waals surface area (Å²) in [6, 6.07) is 0. The van der Waals surface area contributed by atoms with Crippen LogP contribution in [0, 0.1) is 0 Å². The molecule has 7 heteroatoms. The van der Waals surface area contributed by atoms with Crippen LogP contribution in [0.5, 0.6) is 0 Å². The molecular formula is C26H39IO6. The Labute approximate surface area is 205 Å². The molecule has 0 amide bonds. The molecule has 0 aromatic carbocycles. The first-order chi connectivity index (χ1) is 15.7. The maximum absolute atomic E-state index is 12.5. The van der Waals surface area contributed by atoms with Gasteiger partial charge >= 0.3 is 206 Å². The van der Waals surface area contributed by atoms with Crippen LogP contribution in [-0.2, 0) is 23.8 Å². The van der Waals surface area contributed by atoms with Gasteiger partial charge in [0.2, 0.25) is 0 Å². The van der Waals surface area contributed by atoms with Crippen molar-refractivity contribution in [3.8, 4) is 0 Å². The monoisotopic (exact) mass is 574 g/mol. The Morgan fingerprint density at radius 1 is 1.15 bits per heavy atom. The number of alkyl halides is 2. The number of carbonyl (C=O) groups excluding carboxylic acids is 2. The molecule has 0 spiro atoms. The molecule has 0 saturated heterocycles. The van der Waals surface area contributed by atoms with Crippen molar-refractivity contribution in [2.75, 3.05) is 11.5 Å². The van der Waals surface area contributed by atoms with Gasteiger partial charge in [0.1, 0.15) is 0 Å². The molecule has 33 heavy (non-hydrogen) atoms. The molecular weight excluding hydrogens is 535 g/mol. The average molecular weight is 574 g/mol. The molecule has 1 N–H and O–H groups in total. The Morgan fingerprint density at radius 2 is 1.88 bits per heavy atom. The van der Waals surface area contributed by atoms with E-state index in [1.807, 2.05) is 26.0 Å². The maximum atomic E-state index is 12.5. The number of allylic oxidation sites excluding steroid dienone is 4. The Hall–Kier alpha value is -1.45. The molecule has 0 aromatic rings. The number of ether oxygens (including phenoxy) is 3. The van der Waals surface area contributed by atoms with Gasteiger partial charge in [-0.1, -0.05) is 0 Å². The predicted molar refractivity (Wildman–Crippen MR) is 139 cm³/mol. The molecule has 0 aliphatic heterocycles. The second kappa shape index (κ2) is 13.4. The molecule has 6 nitrogen and oxygen atoms in total. The summed E-state index contributed by atoms with van der Waals surface area (Å²) >= 11 is -2.20. The normalized spacial score (nSPS) is 23.2. The Kier molecular flexibility index (Phi) is 11.3. The van der Waals surface area contributed by atoms with Crippen molar-refractivity contribution in [3.63, 3.8) is 0 Å². The fourth-order valence-electron chi connectivity index (χ4n) is 3.69. The van der Waals surface area contributed by atoms with Crippen LogP contribution in [0.25, 0.3) is 0 Å². The van der Waals surface area contributed by atoms with Gasteiger partial charge in [-0.25, -0.2) is 0 Å². The summed E-state index contributed by atoms with van der Waals surface area (Å²) in [6.07, 6.45) is 15.1. The molecule has 186 valence electrons. The van der Waals surface area contributed by atoms with Gasteiger partial charge in [-0.05, 0) is 0 Å². The van der Waals surface area contributed by atoms with Crippen molar-refractivity contribution >= 4 is 31.8 Å². The van der Waals surface area contributed by atoms with E-state index in [0.717, 1.165) is 18.4 Å². The van der Waals surface area contributed by atoms with Crippen LogP contribution < -0.4 is 0 Å². The molecule has 2 aliphatic carbocycles. The SMILES string of the molecule is CCC(=O)OC(C)CI(C1=CCC(OC)C=C1)[C@@](C)(CCC1=CC[C@@H](O)C=C1)OC(=O)CC. The first-order valence-electron chi connectivity index (χ1n) is 11.7. The van der Waals surface area contributed by atoms with Gasteiger partial charge in [-0.2, -0.15) is 0 Å². The molecule has 2 unspecified atom stereocenters. The number of methoxy groups -OCH3 is 1. The van der Waals surface area contributed by atoms with E-state index in [1.54, 1.807) is 14.0 Å². The fourth-order valence-corrected chi connectivity index (χ4v) is 10.7. The van der Waals surface area contributed by atoms with Gasteiger partial charge in [0.25, 0.3) is 0 Å². The summed E-state index contributed by atoms with van der Waals surface area (Å²) in [5.41, 5.74) is 1.15. The van der Waals surface area contributed by atoms with Crippen molar-refractivity contribution in [2.45, 2.75) is 88.1 Å². The van der Waals surface area contributed by atoms with Crippen LogP contribution in [0.3, 0.4) is 0 Å². The van der Waals surface area contributed by atoms with Gasteiger partial charge < -0.3 is 0 Å². The summed E-state index contributed by atoms with van der Waals surface area (Å²) in [6.45, 7) is 7.58. The first kappa shape index (κ1) is 27.8.